The van der Waals surface area contributed by atoms with Crippen molar-refractivity contribution in [2.75, 3.05) is 18.4 Å². The predicted molar refractivity (Wildman–Crippen MR) is 98.6 cm³/mol. The molecule has 30 heavy (non-hydrogen) atoms. The average molecular weight is 424 g/mol. The molecule has 0 bridgehead atoms. The molecule has 1 spiro atoms. The van der Waals surface area contributed by atoms with Crippen LogP contribution < -0.4 is 5.32 Å². The highest BCUT2D eigenvalue weighted by atomic mass is 19.4. The lowest BCUT2D eigenvalue weighted by Crippen LogP contribution is -2.45. The summed E-state index contributed by atoms with van der Waals surface area (Å²) in [5.74, 6) is -0.433. The Morgan fingerprint density at radius 1 is 1.27 bits per heavy atom. The Labute approximate surface area is 170 Å². The number of aromatic amines is 1. The zero-order valence-electron chi connectivity index (χ0n) is 16.5. The van der Waals surface area contributed by atoms with E-state index in [1.165, 1.54) is 12.8 Å². The number of piperidine rings is 1. The number of anilines is 1. The van der Waals surface area contributed by atoms with Gasteiger partial charge in [-0.15, -0.1) is 5.10 Å². The molecule has 3 atom stereocenters. The second-order valence-electron chi connectivity index (χ2n) is 8.78. The Balaban J connectivity index is 1.18. The van der Waals surface area contributed by atoms with Gasteiger partial charge < -0.3 is 14.6 Å². The Bertz CT molecular complexity index is 940. The molecule has 1 amide bonds. The van der Waals surface area contributed by atoms with Crippen LogP contribution in [-0.2, 0) is 11.0 Å². The molecule has 3 aliphatic rings. The largest absolute Gasteiger partial charge is 0.419 e. The quantitative estimate of drug-likeness (QED) is 0.764. The number of H-pyrrole nitrogens is 1. The fraction of sp³-hybridized carbons (Fsp3) is 0.684. The first kappa shape index (κ1) is 19.4. The third-order valence-electron chi connectivity index (χ3n) is 6.70. The van der Waals surface area contributed by atoms with Gasteiger partial charge in [-0.25, -0.2) is 0 Å². The van der Waals surface area contributed by atoms with Crippen molar-refractivity contribution in [3.05, 3.63) is 23.3 Å². The van der Waals surface area contributed by atoms with Gasteiger partial charge in [-0.1, -0.05) is 5.10 Å². The van der Waals surface area contributed by atoms with E-state index in [4.69, 9.17) is 4.42 Å². The fourth-order valence-electron chi connectivity index (χ4n) is 4.43. The van der Waals surface area contributed by atoms with E-state index in [0.717, 1.165) is 32.1 Å². The number of amides is 1. The van der Waals surface area contributed by atoms with Crippen molar-refractivity contribution in [3.8, 4) is 0 Å². The van der Waals surface area contributed by atoms with E-state index in [-0.39, 0.29) is 35.3 Å². The topological polar surface area (TPSA) is 99.9 Å². The van der Waals surface area contributed by atoms with Crippen LogP contribution >= 0.6 is 0 Å². The van der Waals surface area contributed by atoms with Crippen molar-refractivity contribution in [2.45, 2.75) is 63.1 Å². The summed E-state index contributed by atoms with van der Waals surface area (Å²) in [7, 11) is 0. The summed E-state index contributed by atoms with van der Waals surface area (Å²) >= 11 is 0. The van der Waals surface area contributed by atoms with Crippen LogP contribution in [0.15, 0.2) is 10.6 Å². The molecular weight excluding hydrogens is 401 g/mol. The Morgan fingerprint density at radius 2 is 2.00 bits per heavy atom. The van der Waals surface area contributed by atoms with Crippen LogP contribution in [0.1, 0.15) is 68.0 Å². The molecule has 3 fully saturated rings. The van der Waals surface area contributed by atoms with E-state index in [1.807, 2.05) is 4.90 Å². The van der Waals surface area contributed by atoms with Crippen LogP contribution in [0.2, 0.25) is 0 Å². The summed E-state index contributed by atoms with van der Waals surface area (Å²) in [4.78, 5) is 14.5. The molecule has 3 heterocycles. The summed E-state index contributed by atoms with van der Waals surface area (Å²) in [6.45, 7) is 3.29. The van der Waals surface area contributed by atoms with Gasteiger partial charge in [0.05, 0.1) is 17.5 Å². The average Bonchev–Trinajstić information content (AvgIpc) is 3.54. The van der Waals surface area contributed by atoms with Crippen LogP contribution in [0.25, 0.3) is 0 Å². The first-order valence-corrected chi connectivity index (χ1v) is 10.2. The van der Waals surface area contributed by atoms with Crippen LogP contribution in [-0.4, -0.2) is 50.3 Å². The zero-order valence-corrected chi connectivity index (χ0v) is 16.5. The van der Waals surface area contributed by atoms with Crippen molar-refractivity contribution in [3.63, 3.8) is 0 Å². The van der Waals surface area contributed by atoms with Gasteiger partial charge in [0.1, 0.15) is 6.04 Å². The van der Waals surface area contributed by atoms with Crippen molar-refractivity contribution in [1.29, 1.82) is 0 Å². The Hall–Kier alpha value is -2.59. The first-order chi connectivity index (χ1) is 14.3. The fourth-order valence-corrected chi connectivity index (χ4v) is 4.43. The number of halogens is 3. The number of carbonyl (C=O) groups is 1. The molecule has 1 saturated heterocycles. The Morgan fingerprint density at radius 3 is 2.67 bits per heavy atom. The normalized spacial score (nSPS) is 25.9. The Kier molecular flexibility index (Phi) is 4.33. The molecule has 2 aromatic rings. The third kappa shape index (κ3) is 3.54. The van der Waals surface area contributed by atoms with Gasteiger partial charge >= 0.3 is 12.2 Å². The minimum Gasteiger partial charge on any atom is -0.408 e. The number of aromatic nitrogens is 4. The summed E-state index contributed by atoms with van der Waals surface area (Å²) < 4.78 is 44.8. The summed E-state index contributed by atoms with van der Waals surface area (Å²) in [5.41, 5.74) is -0.222. The molecule has 2 N–H and O–H groups in total. The maximum Gasteiger partial charge on any atom is 0.419 e. The van der Waals surface area contributed by atoms with Gasteiger partial charge in [-0.3, -0.25) is 9.89 Å². The van der Waals surface area contributed by atoms with E-state index in [2.05, 4.69) is 25.7 Å². The third-order valence-corrected chi connectivity index (χ3v) is 6.70. The summed E-state index contributed by atoms with van der Waals surface area (Å²) in [6, 6.07) is -0.418. The monoisotopic (exact) mass is 424 g/mol. The van der Waals surface area contributed by atoms with Crippen LogP contribution in [0.5, 0.6) is 0 Å². The van der Waals surface area contributed by atoms with E-state index in [1.54, 1.807) is 6.92 Å². The molecule has 162 valence electrons. The van der Waals surface area contributed by atoms with Crippen molar-refractivity contribution in [2.24, 2.45) is 5.41 Å². The van der Waals surface area contributed by atoms with Crippen molar-refractivity contribution >= 4 is 11.9 Å². The highest BCUT2D eigenvalue weighted by molar-refractivity contribution is 5.83. The lowest BCUT2D eigenvalue weighted by atomic mass is 9.93. The van der Waals surface area contributed by atoms with E-state index in [0.29, 0.717) is 11.8 Å². The number of likely N-dealkylation sites (tertiary alicyclic amines) is 1. The minimum absolute atomic E-state index is 0.0122. The van der Waals surface area contributed by atoms with Crippen LogP contribution in [0.3, 0.4) is 0 Å². The van der Waals surface area contributed by atoms with E-state index in [9.17, 15) is 18.0 Å². The highest BCUT2D eigenvalue weighted by Crippen LogP contribution is 2.56. The second kappa shape index (κ2) is 6.71. The van der Waals surface area contributed by atoms with Gasteiger partial charge in [-0.2, -0.15) is 18.3 Å². The SMILES string of the molecule is C[C@@H](Nc1nnc([C@@H]2C[C@@H]2c2[nH]ncc2C(F)(F)F)o1)C(=O)N1CCC2(CC1)CC2. The summed E-state index contributed by atoms with van der Waals surface area (Å²) in [6.07, 6.45) is 1.48. The number of hydrogen-bond donors (Lipinski definition) is 2. The van der Waals surface area contributed by atoms with Gasteiger partial charge in [0.2, 0.25) is 11.8 Å². The minimum atomic E-state index is -4.46. The van der Waals surface area contributed by atoms with Gasteiger partial charge in [0.25, 0.3) is 0 Å². The molecule has 8 nitrogen and oxygen atoms in total. The molecule has 11 heteroatoms. The number of nitrogens with one attached hydrogen (secondary N) is 2. The van der Waals surface area contributed by atoms with Gasteiger partial charge in [-0.05, 0) is 44.4 Å². The highest BCUT2D eigenvalue weighted by Gasteiger charge is 2.49. The maximum absolute atomic E-state index is 13.1. The van der Waals surface area contributed by atoms with Gasteiger partial charge in [0, 0.05) is 24.9 Å². The number of carbonyl (C=O) groups excluding carboxylic acids is 1. The zero-order chi connectivity index (χ0) is 21.1. The molecule has 0 unspecified atom stereocenters. The molecule has 1 aliphatic heterocycles. The molecule has 5 rings (SSSR count). The van der Waals surface area contributed by atoms with E-state index < -0.39 is 17.8 Å². The lowest BCUT2D eigenvalue weighted by Gasteiger charge is -2.33. The molecule has 2 saturated carbocycles. The van der Waals surface area contributed by atoms with Crippen molar-refractivity contribution in [1.82, 2.24) is 25.3 Å². The molecule has 0 radical (unpaired) electrons. The molecule has 2 aromatic heterocycles. The maximum atomic E-state index is 13.1. The number of nitrogens with zero attached hydrogens (tertiary/aromatic N) is 4. The first-order valence-electron chi connectivity index (χ1n) is 10.2. The van der Waals surface area contributed by atoms with E-state index >= 15 is 0 Å². The van der Waals surface area contributed by atoms with Crippen molar-refractivity contribution < 1.29 is 22.4 Å². The molecule has 2 aliphatic carbocycles. The van der Waals surface area contributed by atoms with Crippen LogP contribution in [0, 0.1) is 5.41 Å². The number of hydrogen-bond acceptors (Lipinski definition) is 6. The molecular formula is C19H23F3N6O2. The predicted octanol–water partition coefficient (Wildman–Crippen LogP) is 3.29. The van der Waals surface area contributed by atoms with Crippen LogP contribution in [0.4, 0.5) is 19.2 Å². The smallest absolute Gasteiger partial charge is 0.408 e. The lowest BCUT2D eigenvalue weighted by molar-refractivity contribution is -0.138. The molecule has 0 aromatic carbocycles. The number of alkyl halides is 3. The second-order valence-corrected chi connectivity index (χ2v) is 8.78. The standard InChI is InChI=1S/C19H23F3N6O2/c1-10(16(29)28-6-4-18(2-3-18)5-7-28)24-17-27-26-15(30-17)12-8-11(12)14-13(9-23-25-14)19(20,21)22/h9-12H,2-8H2,1H3,(H,23,25)(H,24,27)/t10-,11+,12-/m1/s1. The summed E-state index contributed by atoms with van der Waals surface area (Å²) in [5, 5.41) is 16.8. The van der Waals surface area contributed by atoms with Gasteiger partial charge in [0.15, 0.2) is 0 Å². The number of rotatable bonds is 5.